The zero-order valence-corrected chi connectivity index (χ0v) is 16.5. The third-order valence-electron chi connectivity index (χ3n) is 3.89. The number of nitrogens with zero attached hydrogens (tertiary/aromatic N) is 2. The lowest BCUT2D eigenvalue weighted by Crippen LogP contribution is -2.15. The van der Waals surface area contributed by atoms with Crippen LogP contribution in [0.25, 0.3) is 0 Å². The van der Waals surface area contributed by atoms with Gasteiger partial charge in [0.2, 0.25) is 5.95 Å². The van der Waals surface area contributed by atoms with Crippen molar-refractivity contribution in [1.82, 2.24) is 9.97 Å². The standard InChI is InChI=1S/C22H24N4O2/c1-14(2)28-20-8-6-5-7-19(20)26-21(27)17-12-23-22(24-13-17)25-18-10-15(3)9-16(4)11-18/h5-14H,1-4H3,(H,26,27)(H,23,24,25). The van der Waals surface area contributed by atoms with Crippen molar-refractivity contribution < 1.29 is 9.53 Å². The Labute approximate surface area is 165 Å². The molecule has 3 rings (SSSR count). The lowest BCUT2D eigenvalue weighted by molar-refractivity contribution is 0.102. The van der Waals surface area contributed by atoms with Gasteiger partial charge in [0.05, 0.1) is 17.4 Å². The van der Waals surface area contributed by atoms with Gasteiger partial charge >= 0.3 is 0 Å². The van der Waals surface area contributed by atoms with Crippen LogP contribution in [0.2, 0.25) is 0 Å². The molecule has 1 heterocycles. The van der Waals surface area contributed by atoms with Crippen molar-refractivity contribution in [2.24, 2.45) is 0 Å². The second kappa shape index (κ2) is 8.52. The van der Waals surface area contributed by atoms with Crippen molar-refractivity contribution in [2.45, 2.75) is 33.8 Å². The van der Waals surface area contributed by atoms with E-state index in [2.05, 4.69) is 26.7 Å². The minimum atomic E-state index is -0.294. The van der Waals surface area contributed by atoms with Crippen LogP contribution in [0, 0.1) is 13.8 Å². The topological polar surface area (TPSA) is 76.1 Å². The summed E-state index contributed by atoms with van der Waals surface area (Å²) in [7, 11) is 0. The number of carbonyl (C=O) groups excluding carboxylic acids is 1. The van der Waals surface area contributed by atoms with Crippen LogP contribution in [0.5, 0.6) is 5.75 Å². The van der Waals surface area contributed by atoms with E-state index in [4.69, 9.17) is 4.74 Å². The van der Waals surface area contributed by atoms with Gasteiger partial charge in [-0.05, 0) is 63.1 Å². The smallest absolute Gasteiger partial charge is 0.258 e. The minimum absolute atomic E-state index is 0.0111. The van der Waals surface area contributed by atoms with E-state index in [0.29, 0.717) is 22.9 Å². The molecular weight excluding hydrogens is 352 g/mol. The van der Waals surface area contributed by atoms with Crippen molar-refractivity contribution in [3.8, 4) is 5.75 Å². The number of aromatic nitrogens is 2. The maximum atomic E-state index is 12.5. The SMILES string of the molecule is Cc1cc(C)cc(Nc2ncc(C(=O)Nc3ccccc3OC(C)C)cn2)c1. The summed E-state index contributed by atoms with van der Waals surface area (Å²) in [6.07, 6.45) is 3.01. The zero-order valence-electron chi connectivity index (χ0n) is 16.5. The molecule has 0 atom stereocenters. The minimum Gasteiger partial charge on any atom is -0.489 e. The molecule has 0 fully saturated rings. The van der Waals surface area contributed by atoms with Gasteiger partial charge in [0.15, 0.2) is 0 Å². The van der Waals surface area contributed by atoms with Crippen LogP contribution in [-0.4, -0.2) is 22.0 Å². The summed E-state index contributed by atoms with van der Waals surface area (Å²) in [5, 5.41) is 6.01. The fourth-order valence-electron chi connectivity index (χ4n) is 2.81. The average Bonchev–Trinajstić information content (AvgIpc) is 2.62. The molecule has 0 unspecified atom stereocenters. The van der Waals surface area contributed by atoms with Crippen molar-refractivity contribution in [1.29, 1.82) is 0 Å². The molecule has 0 aliphatic heterocycles. The van der Waals surface area contributed by atoms with Gasteiger partial charge in [-0.2, -0.15) is 0 Å². The van der Waals surface area contributed by atoms with Crippen LogP contribution in [0.15, 0.2) is 54.9 Å². The largest absolute Gasteiger partial charge is 0.489 e. The molecule has 0 aliphatic carbocycles. The van der Waals surface area contributed by atoms with Gasteiger partial charge in [-0.1, -0.05) is 18.2 Å². The van der Waals surface area contributed by atoms with Gasteiger partial charge in [0, 0.05) is 18.1 Å². The van der Waals surface area contributed by atoms with E-state index in [1.807, 2.05) is 58.0 Å². The lowest BCUT2D eigenvalue weighted by atomic mass is 10.1. The summed E-state index contributed by atoms with van der Waals surface area (Å²) >= 11 is 0. The summed E-state index contributed by atoms with van der Waals surface area (Å²) in [6, 6.07) is 13.5. The normalized spacial score (nSPS) is 10.6. The third kappa shape index (κ3) is 5.07. The Morgan fingerprint density at radius 1 is 1.00 bits per heavy atom. The number of anilines is 3. The molecule has 6 heteroatoms. The van der Waals surface area contributed by atoms with E-state index in [0.717, 1.165) is 16.8 Å². The van der Waals surface area contributed by atoms with E-state index in [1.165, 1.54) is 12.4 Å². The molecular formula is C22H24N4O2. The maximum absolute atomic E-state index is 12.5. The molecule has 0 saturated heterocycles. The van der Waals surface area contributed by atoms with Crippen LogP contribution >= 0.6 is 0 Å². The second-order valence-electron chi connectivity index (χ2n) is 6.91. The monoisotopic (exact) mass is 376 g/mol. The fourth-order valence-corrected chi connectivity index (χ4v) is 2.81. The van der Waals surface area contributed by atoms with E-state index in [9.17, 15) is 4.79 Å². The Hall–Kier alpha value is -3.41. The van der Waals surface area contributed by atoms with Crippen LogP contribution < -0.4 is 15.4 Å². The molecule has 144 valence electrons. The highest BCUT2D eigenvalue weighted by atomic mass is 16.5. The summed E-state index contributed by atoms with van der Waals surface area (Å²) < 4.78 is 5.73. The van der Waals surface area contributed by atoms with Crippen molar-refractivity contribution in [2.75, 3.05) is 10.6 Å². The number of benzene rings is 2. The first kappa shape index (κ1) is 19.4. The molecule has 6 nitrogen and oxygen atoms in total. The highest BCUT2D eigenvalue weighted by molar-refractivity contribution is 6.04. The summed E-state index contributed by atoms with van der Waals surface area (Å²) in [6.45, 7) is 7.95. The molecule has 28 heavy (non-hydrogen) atoms. The molecule has 0 spiro atoms. The van der Waals surface area contributed by atoms with Crippen molar-refractivity contribution in [3.05, 3.63) is 71.5 Å². The molecule has 0 aliphatic rings. The number of rotatable bonds is 6. The number of aryl methyl sites for hydroxylation is 2. The van der Waals surface area contributed by atoms with Gasteiger partial charge in [0.25, 0.3) is 5.91 Å². The number of amides is 1. The van der Waals surface area contributed by atoms with Crippen molar-refractivity contribution in [3.63, 3.8) is 0 Å². The quantitative estimate of drug-likeness (QED) is 0.641. The van der Waals surface area contributed by atoms with E-state index >= 15 is 0 Å². The maximum Gasteiger partial charge on any atom is 0.258 e. The summed E-state index contributed by atoms with van der Waals surface area (Å²) in [5.74, 6) is 0.766. The first-order chi connectivity index (χ1) is 13.4. The molecule has 0 saturated carbocycles. The van der Waals surface area contributed by atoms with Crippen LogP contribution in [0.3, 0.4) is 0 Å². The first-order valence-corrected chi connectivity index (χ1v) is 9.15. The predicted molar refractivity (Wildman–Crippen MR) is 111 cm³/mol. The van der Waals surface area contributed by atoms with Crippen LogP contribution in [-0.2, 0) is 0 Å². The van der Waals surface area contributed by atoms with Gasteiger partial charge in [-0.25, -0.2) is 9.97 Å². The van der Waals surface area contributed by atoms with E-state index in [1.54, 1.807) is 6.07 Å². The number of hydrogen-bond acceptors (Lipinski definition) is 5. The molecule has 1 amide bonds. The Bertz CT molecular complexity index is 948. The molecule has 2 N–H and O–H groups in total. The Balaban J connectivity index is 1.70. The Morgan fingerprint density at radius 2 is 1.64 bits per heavy atom. The highest BCUT2D eigenvalue weighted by Gasteiger charge is 2.12. The molecule has 3 aromatic rings. The van der Waals surface area contributed by atoms with Gasteiger partial charge in [-0.3, -0.25) is 4.79 Å². The summed E-state index contributed by atoms with van der Waals surface area (Å²) in [5.41, 5.74) is 4.19. The zero-order chi connectivity index (χ0) is 20.1. The van der Waals surface area contributed by atoms with Crippen LogP contribution in [0.4, 0.5) is 17.3 Å². The highest BCUT2D eigenvalue weighted by Crippen LogP contribution is 2.25. The molecule has 0 radical (unpaired) electrons. The number of ether oxygens (including phenoxy) is 1. The number of hydrogen-bond donors (Lipinski definition) is 2. The van der Waals surface area contributed by atoms with E-state index < -0.39 is 0 Å². The Kier molecular flexibility index (Phi) is 5.89. The van der Waals surface area contributed by atoms with Gasteiger partial charge in [0.1, 0.15) is 5.75 Å². The summed E-state index contributed by atoms with van der Waals surface area (Å²) in [4.78, 5) is 21.0. The fraction of sp³-hybridized carbons (Fsp3) is 0.227. The van der Waals surface area contributed by atoms with Gasteiger partial charge in [-0.15, -0.1) is 0 Å². The number of para-hydroxylation sites is 2. The Morgan fingerprint density at radius 3 is 2.29 bits per heavy atom. The van der Waals surface area contributed by atoms with Gasteiger partial charge < -0.3 is 15.4 Å². The molecule has 0 bridgehead atoms. The number of carbonyl (C=O) groups is 1. The molecule has 1 aromatic heterocycles. The second-order valence-corrected chi connectivity index (χ2v) is 6.91. The third-order valence-corrected chi connectivity index (χ3v) is 3.89. The van der Waals surface area contributed by atoms with E-state index in [-0.39, 0.29) is 12.0 Å². The lowest BCUT2D eigenvalue weighted by Gasteiger charge is -2.14. The van der Waals surface area contributed by atoms with Crippen molar-refractivity contribution >= 4 is 23.2 Å². The van der Waals surface area contributed by atoms with Crippen LogP contribution in [0.1, 0.15) is 35.3 Å². The number of nitrogens with one attached hydrogen (secondary N) is 2. The molecule has 2 aromatic carbocycles. The first-order valence-electron chi connectivity index (χ1n) is 9.15. The predicted octanol–water partition coefficient (Wildman–Crippen LogP) is 4.88. The average molecular weight is 376 g/mol.